The van der Waals surface area contributed by atoms with Gasteiger partial charge in [-0.05, 0) is 36.8 Å². The standard InChI is InChI=1S/C19H16BrN5O2S2/c1-13(14-4-8-17(9-5-14)25-12-21-11-22-25)24-29(26,27)18-10-28-19(23-18)15-2-6-16(20)7-3-15/h2-13,24H,1H3. The molecule has 2 aromatic heterocycles. The highest BCUT2D eigenvalue weighted by molar-refractivity contribution is 9.10. The molecule has 0 aliphatic rings. The molecule has 0 aliphatic carbocycles. The maximum atomic E-state index is 12.8. The van der Waals surface area contributed by atoms with E-state index in [9.17, 15) is 8.42 Å². The molecule has 7 nitrogen and oxygen atoms in total. The Morgan fingerprint density at radius 3 is 2.48 bits per heavy atom. The van der Waals surface area contributed by atoms with Crippen molar-refractivity contribution in [2.45, 2.75) is 18.0 Å². The lowest BCUT2D eigenvalue weighted by Gasteiger charge is -2.14. The number of aromatic nitrogens is 4. The van der Waals surface area contributed by atoms with Gasteiger partial charge in [0.25, 0.3) is 10.0 Å². The van der Waals surface area contributed by atoms with Gasteiger partial charge in [-0.3, -0.25) is 0 Å². The van der Waals surface area contributed by atoms with E-state index < -0.39 is 16.1 Å². The fourth-order valence-corrected chi connectivity index (χ4v) is 5.32. The number of halogens is 1. The molecule has 0 amide bonds. The van der Waals surface area contributed by atoms with Crippen LogP contribution in [0.1, 0.15) is 18.5 Å². The van der Waals surface area contributed by atoms with Gasteiger partial charge < -0.3 is 0 Å². The van der Waals surface area contributed by atoms with Crippen molar-refractivity contribution in [3.8, 4) is 16.3 Å². The second-order valence-electron chi connectivity index (χ2n) is 6.27. The van der Waals surface area contributed by atoms with Crippen molar-refractivity contribution in [1.29, 1.82) is 0 Å². The first-order valence-corrected chi connectivity index (χ1v) is 11.8. The van der Waals surface area contributed by atoms with E-state index in [1.165, 1.54) is 17.7 Å². The highest BCUT2D eigenvalue weighted by Gasteiger charge is 2.22. The van der Waals surface area contributed by atoms with Gasteiger partial charge in [0, 0.05) is 21.5 Å². The molecule has 0 aliphatic heterocycles. The number of thiazole rings is 1. The Bertz CT molecular complexity index is 1200. The van der Waals surface area contributed by atoms with Gasteiger partial charge in [0.05, 0.1) is 5.69 Å². The zero-order valence-electron chi connectivity index (χ0n) is 15.2. The number of hydrogen-bond donors (Lipinski definition) is 1. The molecule has 0 spiro atoms. The summed E-state index contributed by atoms with van der Waals surface area (Å²) >= 11 is 4.69. The number of nitrogens with zero attached hydrogens (tertiary/aromatic N) is 4. The van der Waals surface area contributed by atoms with Crippen LogP contribution in [0.25, 0.3) is 16.3 Å². The van der Waals surface area contributed by atoms with E-state index in [-0.39, 0.29) is 5.03 Å². The molecule has 0 saturated carbocycles. The minimum Gasteiger partial charge on any atom is -0.223 e. The lowest BCUT2D eigenvalue weighted by molar-refractivity contribution is 0.564. The van der Waals surface area contributed by atoms with E-state index in [2.05, 4.69) is 35.7 Å². The number of rotatable bonds is 6. The summed E-state index contributed by atoms with van der Waals surface area (Å²) in [6.45, 7) is 1.80. The molecule has 4 rings (SSSR count). The molecule has 10 heteroatoms. The van der Waals surface area contributed by atoms with Crippen LogP contribution >= 0.6 is 27.3 Å². The molecule has 1 unspecified atom stereocenters. The van der Waals surface area contributed by atoms with E-state index in [4.69, 9.17) is 0 Å². The van der Waals surface area contributed by atoms with Crippen molar-refractivity contribution in [2.24, 2.45) is 0 Å². The molecule has 2 aromatic carbocycles. The lowest BCUT2D eigenvalue weighted by atomic mass is 10.1. The number of nitrogens with one attached hydrogen (secondary N) is 1. The second kappa shape index (κ2) is 8.15. The van der Waals surface area contributed by atoms with E-state index in [0.717, 1.165) is 21.3 Å². The number of sulfonamides is 1. The molecule has 0 radical (unpaired) electrons. The maximum Gasteiger partial charge on any atom is 0.259 e. The van der Waals surface area contributed by atoms with Crippen molar-refractivity contribution in [2.75, 3.05) is 0 Å². The van der Waals surface area contributed by atoms with Gasteiger partial charge >= 0.3 is 0 Å². The summed E-state index contributed by atoms with van der Waals surface area (Å²) < 4.78 is 30.8. The largest absolute Gasteiger partial charge is 0.259 e. The van der Waals surface area contributed by atoms with Crippen LogP contribution in [0.15, 0.2) is 76.1 Å². The van der Waals surface area contributed by atoms with Crippen LogP contribution in [0.2, 0.25) is 0 Å². The molecule has 148 valence electrons. The van der Waals surface area contributed by atoms with E-state index in [1.807, 2.05) is 48.5 Å². The van der Waals surface area contributed by atoms with Crippen LogP contribution in [0, 0.1) is 0 Å². The van der Waals surface area contributed by atoms with Crippen LogP contribution in [0.3, 0.4) is 0 Å². The maximum absolute atomic E-state index is 12.8. The quantitative estimate of drug-likeness (QED) is 0.438. The Labute approximate surface area is 180 Å². The Morgan fingerprint density at radius 2 is 1.83 bits per heavy atom. The highest BCUT2D eigenvalue weighted by atomic mass is 79.9. The van der Waals surface area contributed by atoms with Crippen molar-refractivity contribution in [1.82, 2.24) is 24.5 Å². The molecule has 0 bridgehead atoms. The molecule has 4 aromatic rings. The summed E-state index contributed by atoms with van der Waals surface area (Å²) in [6, 6.07) is 14.6. The fraction of sp³-hybridized carbons (Fsp3) is 0.105. The van der Waals surface area contributed by atoms with Crippen molar-refractivity contribution < 1.29 is 8.42 Å². The summed E-state index contributed by atoms with van der Waals surface area (Å²) in [5.41, 5.74) is 2.55. The summed E-state index contributed by atoms with van der Waals surface area (Å²) in [4.78, 5) is 8.23. The monoisotopic (exact) mass is 489 g/mol. The lowest BCUT2D eigenvalue weighted by Crippen LogP contribution is -2.27. The fourth-order valence-electron chi connectivity index (χ4n) is 2.73. The minimum atomic E-state index is -3.74. The molecule has 0 fully saturated rings. The van der Waals surface area contributed by atoms with Gasteiger partial charge in [-0.1, -0.05) is 40.2 Å². The van der Waals surface area contributed by atoms with Gasteiger partial charge in [0.2, 0.25) is 0 Å². The van der Waals surface area contributed by atoms with Crippen LogP contribution in [0.5, 0.6) is 0 Å². The molecular weight excluding hydrogens is 474 g/mol. The van der Waals surface area contributed by atoms with Crippen molar-refractivity contribution >= 4 is 37.3 Å². The summed E-state index contributed by atoms with van der Waals surface area (Å²) in [5, 5.41) is 6.31. The van der Waals surface area contributed by atoms with Crippen LogP contribution in [-0.4, -0.2) is 28.2 Å². The molecular formula is C19H16BrN5O2S2. The van der Waals surface area contributed by atoms with Crippen molar-refractivity contribution in [3.05, 3.63) is 76.6 Å². The zero-order chi connectivity index (χ0) is 20.4. The molecule has 1 atom stereocenters. The first-order chi connectivity index (χ1) is 13.9. The molecule has 1 N–H and O–H groups in total. The van der Waals surface area contributed by atoms with E-state index in [1.54, 1.807) is 23.3 Å². The number of hydrogen-bond acceptors (Lipinski definition) is 6. The Kier molecular flexibility index (Phi) is 5.59. The van der Waals surface area contributed by atoms with Gasteiger partial charge in [-0.2, -0.15) is 5.10 Å². The van der Waals surface area contributed by atoms with Gasteiger partial charge in [-0.25, -0.2) is 27.8 Å². The normalized spacial score (nSPS) is 12.8. The van der Waals surface area contributed by atoms with E-state index >= 15 is 0 Å². The third kappa shape index (κ3) is 4.45. The zero-order valence-corrected chi connectivity index (χ0v) is 18.4. The Morgan fingerprint density at radius 1 is 1.10 bits per heavy atom. The molecule has 0 saturated heterocycles. The van der Waals surface area contributed by atoms with Crippen LogP contribution in [0.4, 0.5) is 0 Å². The highest BCUT2D eigenvalue weighted by Crippen LogP contribution is 2.27. The van der Waals surface area contributed by atoms with Gasteiger partial charge in [0.1, 0.15) is 17.7 Å². The third-order valence-corrected chi connectivity index (χ3v) is 7.25. The predicted molar refractivity (Wildman–Crippen MR) is 115 cm³/mol. The Balaban J connectivity index is 1.50. The van der Waals surface area contributed by atoms with E-state index in [0.29, 0.717) is 5.01 Å². The van der Waals surface area contributed by atoms with Crippen LogP contribution < -0.4 is 4.72 Å². The van der Waals surface area contributed by atoms with Crippen LogP contribution in [-0.2, 0) is 10.0 Å². The van der Waals surface area contributed by atoms with Crippen molar-refractivity contribution in [3.63, 3.8) is 0 Å². The number of benzene rings is 2. The smallest absolute Gasteiger partial charge is 0.223 e. The molecule has 2 heterocycles. The van der Waals surface area contributed by atoms with Gasteiger partial charge in [-0.15, -0.1) is 11.3 Å². The second-order valence-corrected chi connectivity index (χ2v) is 9.71. The minimum absolute atomic E-state index is 0.0199. The summed E-state index contributed by atoms with van der Waals surface area (Å²) in [7, 11) is -3.74. The van der Waals surface area contributed by atoms with Gasteiger partial charge in [0.15, 0.2) is 5.03 Å². The first-order valence-electron chi connectivity index (χ1n) is 8.61. The molecule has 29 heavy (non-hydrogen) atoms. The first kappa shape index (κ1) is 19.9. The average molecular weight is 490 g/mol. The SMILES string of the molecule is CC(NS(=O)(=O)c1csc(-c2ccc(Br)cc2)n1)c1ccc(-n2cncn2)cc1. The topological polar surface area (TPSA) is 89.8 Å². The summed E-state index contributed by atoms with van der Waals surface area (Å²) in [5.74, 6) is 0. The predicted octanol–water partition coefficient (Wildman–Crippen LogP) is 4.19. The third-order valence-electron chi connectivity index (χ3n) is 4.26. The average Bonchev–Trinajstić information content (AvgIpc) is 3.41. The summed E-state index contributed by atoms with van der Waals surface area (Å²) in [6.07, 6.45) is 3.06. The Hall–Kier alpha value is -2.40.